The van der Waals surface area contributed by atoms with Crippen LogP contribution in [-0.4, -0.2) is 11.5 Å². The number of nitrogens with two attached hydrogens (primary N) is 1. The molecule has 3 N–H and O–H groups in total. The number of hydrogen-bond acceptors (Lipinski definition) is 3. The number of nitrogens with one attached hydrogen (secondary N) is 1. The summed E-state index contributed by atoms with van der Waals surface area (Å²) in [6, 6.07) is 7.91. The molecule has 2 aromatic rings. The molecule has 3 heteroatoms. The maximum Gasteiger partial charge on any atom is 0.0951 e. The highest BCUT2D eigenvalue weighted by molar-refractivity contribution is 5.97. The highest BCUT2D eigenvalue weighted by atomic mass is 14.9. The number of nitrogen functional groups attached to an aromatic ring is 1. The summed E-state index contributed by atoms with van der Waals surface area (Å²) in [5, 5.41) is 4.60. The molecular formula is C15H21N3. The first-order chi connectivity index (χ1) is 8.53. The van der Waals surface area contributed by atoms with Gasteiger partial charge in [0, 0.05) is 23.8 Å². The number of fused-ring (bicyclic) bond motifs is 1. The lowest BCUT2D eigenvalue weighted by Gasteiger charge is -2.24. The van der Waals surface area contributed by atoms with Gasteiger partial charge in [0.2, 0.25) is 0 Å². The van der Waals surface area contributed by atoms with Gasteiger partial charge in [-0.2, -0.15) is 0 Å². The van der Waals surface area contributed by atoms with Gasteiger partial charge in [-0.3, -0.25) is 4.98 Å². The van der Waals surface area contributed by atoms with Crippen LogP contribution in [0.2, 0.25) is 0 Å². The quantitative estimate of drug-likeness (QED) is 0.806. The van der Waals surface area contributed by atoms with Crippen LogP contribution in [0.25, 0.3) is 10.9 Å². The zero-order valence-corrected chi connectivity index (χ0v) is 11.3. The van der Waals surface area contributed by atoms with E-state index in [0.717, 1.165) is 35.2 Å². The number of anilines is 2. The van der Waals surface area contributed by atoms with Crippen molar-refractivity contribution in [1.29, 1.82) is 0 Å². The van der Waals surface area contributed by atoms with Crippen molar-refractivity contribution in [3.05, 3.63) is 30.5 Å². The first-order valence-corrected chi connectivity index (χ1v) is 6.40. The SMILES string of the molecule is CCC(C)(C)CNc1ccnc2c(N)cccc12. The van der Waals surface area contributed by atoms with Crippen LogP contribution in [0.5, 0.6) is 0 Å². The van der Waals surface area contributed by atoms with Crippen molar-refractivity contribution in [3.8, 4) is 0 Å². The Morgan fingerprint density at radius 2 is 2.06 bits per heavy atom. The molecule has 0 aliphatic rings. The van der Waals surface area contributed by atoms with Gasteiger partial charge in [-0.15, -0.1) is 0 Å². The fourth-order valence-electron chi connectivity index (χ4n) is 1.81. The minimum Gasteiger partial charge on any atom is -0.397 e. The second-order valence-corrected chi connectivity index (χ2v) is 5.47. The number of hydrogen-bond donors (Lipinski definition) is 2. The van der Waals surface area contributed by atoms with Crippen LogP contribution in [-0.2, 0) is 0 Å². The lowest BCUT2D eigenvalue weighted by Crippen LogP contribution is -2.22. The highest BCUT2D eigenvalue weighted by Gasteiger charge is 2.15. The lowest BCUT2D eigenvalue weighted by atomic mass is 9.90. The zero-order chi connectivity index (χ0) is 13.2. The second-order valence-electron chi connectivity index (χ2n) is 5.47. The number of pyridine rings is 1. The molecule has 0 saturated heterocycles. The van der Waals surface area contributed by atoms with Crippen molar-refractivity contribution < 1.29 is 0 Å². The van der Waals surface area contributed by atoms with Crippen LogP contribution in [0, 0.1) is 5.41 Å². The summed E-state index contributed by atoms with van der Waals surface area (Å²) in [5.74, 6) is 0. The molecule has 0 amide bonds. The minimum atomic E-state index is 0.288. The Bertz CT molecular complexity index is 546. The Balaban J connectivity index is 2.32. The molecule has 0 unspecified atom stereocenters. The van der Waals surface area contributed by atoms with E-state index in [-0.39, 0.29) is 5.41 Å². The molecule has 0 fully saturated rings. The molecule has 0 aliphatic carbocycles. The van der Waals surface area contributed by atoms with E-state index in [1.54, 1.807) is 6.20 Å². The molecule has 0 atom stereocenters. The van der Waals surface area contributed by atoms with Crippen LogP contribution in [0.3, 0.4) is 0 Å². The van der Waals surface area contributed by atoms with Gasteiger partial charge >= 0.3 is 0 Å². The van der Waals surface area contributed by atoms with Gasteiger partial charge in [0.25, 0.3) is 0 Å². The normalized spacial score (nSPS) is 11.7. The number of benzene rings is 1. The van der Waals surface area contributed by atoms with Crippen molar-refractivity contribution in [3.63, 3.8) is 0 Å². The average molecular weight is 243 g/mol. The molecule has 1 heterocycles. The molecule has 0 bridgehead atoms. The third-order valence-electron chi connectivity index (χ3n) is 3.52. The minimum absolute atomic E-state index is 0.288. The summed E-state index contributed by atoms with van der Waals surface area (Å²) in [4.78, 5) is 4.34. The zero-order valence-electron chi connectivity index (χ0n) is 11.3. The molecule has 0 saturated carbocycles. The first-order valence-electron chi connectivity index (χ1n) is 6.40. The van der Waals surface area contributed by atoms with Gasteiger partial charge in [-0.05, 0) is 24.0 Å². The van der Waals surface area contributed by atoms with Crippen molar-refractivity contribution in [2.45, 2.75) is 27.2 Å². The highest BCUT2D eigenvalue weighted by Crippen LogP contribution is 2.27. The Morgan fingerprint density at radius 1 is 1.28 bits per heavy atom. The summed E-state index contributed by atoms with van der Waals surface area (Å²) < 4.78 is 0. The molecule has 3 nitrogen and oxygen atoms in total. The summed E-state index contributed by atoms with van der Waals surface area (Å²) in [7, 11) is 0. The van der Waals surface area contributed by atoms with E-state index in [0.29, 0.717) is 0 Å². The van der Waals surface area contributed by atoms with Crippen LogP contribution in [0.15, 0.2) is 30.5 Å². The third kappa shape index (κ3) is 2.55. The van der Waals surface area contributed by atoms with Crippen molar-refractivity contribution in [2.75, 3.05) is 17.6 Å². The predicted molar refractivity (Wildman–Crippen MR) is 78.7 cm³/mol. The Labute approximate surface area is 108 Å². The average Bonchev–Trinajstić information content (AvgIpc) is 2.37. The summed E-state index contributed by atoms with van der Waals surface area (Å²) >= 11 is 0. The summed E-state index contributed by atoms with van der Waals surface area (Å²) in [5.41, 5.74) is 8.94. The van der Waals surface area contributed by atoms with E-state index < -0.39 is 0 Å². The molecule has 0 spiro atoms. The number of rotatable bonds is 4. The van der Waals surface area contributed by atoms with Crippen LogP contribution >= 0.6 is 0 Å². The van der Waals surface area contributed by atoms with Crippen LogP contribution in [0.1, 0.15) is 27.2 Å². The topological polar surface area (TPSA) is 50.9 Å². The third-order valence-corrected chi connectivity index (χ3v) is 3.52. The van der Waals surface area contributed by atoms with Crippen molar-refractivity contribution in [2.24, 2.45) is 5.41 Å². The van der Waals surface area contributed by atoms with Crippen LogP contribution in [0.4, 0.5) is 11.4 Å². The monoisotopic (exact) mass is 243 g/mol. The molecule has 0 radical (unpaired) electrons. The molecule has 1 aromatic heterocycles. The molecule has 1 aromatic carbocycles. The predicted octanol–water partition coefficient (Wildman–Crippen LogP) is 3.67. The fourth-order valence-corrected chi connectivity index (χ4v) is 1.81. The fraction of sp³-hybridized carbons (Fsp3) is 0.400. The summed E-state index contributed by atoms with van der Waals surface area (Å²) in [6.07, 6.45) is 2.95. The van der Waals surface area contributed by atoms with Crippen molar-refractivity contribution >= 4 is 22.3 Å². The van der Waals surface area contributed by atoms with E-state index in [2.05, 4.69) is 37.1 Å². The van der Waals surface area contributed by atoms with Gasteiger partial charge in [0.15, 0.2) is 0 Å². The largest absolute Gasteiger partial charge is 0.397 e. The smallest absolute Gasteiger partial charge is 0.0951 e. The molecule has 0 aliphatic heterocycles. The van der Waals surface area contributed by atoms with E-state index in [4.69, 9.17) is 5.73 Å². The van der Waals surface area contributed by atoms with Gasteiger partial charge < -0.3 is 11.1 Å². The first kappa shape index (κ1) is 12.7. The van der Waals surface area contributed by atoms with Crippen LogP contribution < -0.4 is 11.1 Å². The maximum absolute atomic E-state index is 5.94. The molecule has 96 valence electrons. The van der Waals surface area contributed by atoms with E-state index >= 15 is 0 Å². The Morgan fingerprint density at radius 3 is 2.78 bits per heavy atom. The molecule has 18 heavy (non-hydrogen) atoms. The number of aromatic nitrogens is 1. The Hall–Kier alpha value is -1.77. The molecule has 2 rings (SSSR count). The van der Waals surface area contributed by atoms with Gasteiger partial charge in [-0.1, -0.05) is 32.9 Å². The molecular weight excluding hydrogens is 222 g/mol. The Kier molecular flexibility index (Phi) is 3.41. The number of nitrogens with zero attached hydrogens (tertiary/aromatic N) is 1. The second kappa shape index (κ2) is 4.84. The summed E-state index contributed by atoms with van der Waals surface area (Å²) in [6.45, 7) is 7.68. The van der Waals surface area contributed by atoms with E-state index in [1.165, 1.54) is 0 Å². The van der Waals surface area contributed by atoms with Gasteiger partial charge in [0.05, 0.1) is 11.2 Å². The van der Waals surface area contributed by atoms with Crippen molar-refractivity contribution in [1.82, 2.24) is 4.98 Å². The maximum atomic E-state index is 5.94. The van der Waals surface area contributed by atoms with Gasteiger partial charge in [-0.25, -0.2) is 0 Å². The number of para-hydroxylation sites is 1. The van der Waals surface area contributed by atoms with Gasteiger partial charge in [0.1, 0.15) is 0 Å². The van der Waals surface area contributed by atoms with E-state index in [9.17, 15) is 0 Å². The standard InChI is InChI=1S/C15H21N3/c1-4-15(2,3)10-18-13-8-9-17-14-11(13)6-5-7-12(14)16/h5-9H,4,10,16H2,1-3H3,(H,17,18). The lowest BCUT2D eigenvalue weighted by molar-refractivity contribution is 0.377. The van der Waals surface area contributed by atoms with E-state index in [1.807, 2.05) is 18.2 Å².